The molecule has 3 aromatic carbocycles. The number of hydrogen-bond acceptors (Lipinski definition) is 6. The average Bonchev–Trinajstić information content (AvgIpc) is 2.88. The van der Waals surface area contributed by atoms with Crippen LogP contribution in [0.4, 0.5) is 11.4 Å². The van der Waals surface area contributed by atoms with Crippen molar-refractivity contribution in [3.63, 3.8) is 0 Å². The molecule has 1 saturated heterocycles. The van der Waals surface area contributed by atoms with E-state index in [-0.39, 0.29) is 31.2 Å². The first-order valence-electron chi connectivity index (χ1n) is 12.3. The molecule has 0 bridgehead atoms. The van der Waals surface area contributed by atoms with Crippen molar-refractivity contribution in [3.8, 4) is 6.07 Å². The molecule has 3 aromatic rings. The van der Waals surface area contributed by atoms with Crippen molar-refractivity contribution >= 4 is 17.3 Å². The molecule has 0 radical (unpaired) electrons. The molecule has 2 aliphatic rings. The van der Waals surface area contributed by atoms with E-state index in [9.17, 15) is 15.2 Å². The Hall–Kier alpha value is -3.86. The van der Waals surface area contributed by atoms with Crippen molar-refractivity contribution in [2.45, 2.75) is 30.3 Å². The number of nitrogens with one attached hydrogen (secondary N) is 3. The number of para-hydroxylation sites is 1. The van der Waals surface area contributed by atoms with Gasteiger partial charge in [0.25, 0.3) is 0 Å². The van der Waals surface area contributed by atoms with Crippen molar-refractivity contribution in [1.82, 2.24) is 5.32 Å². The summed E-state index contributed by atoms with van der Waals surface area (Å²) in [7, 11) is 0. The number of hydrogen-bond donors (Lipinski definition) is 4. The monoisotopic (exact) mass is 482 g/mol. The van der Waals surface area contributed by atoms with E-state index in [1.54, 1.807) is 0 Å². The fourth-order valence-electron chi connectivity index (χ4n) is 5.04. The number of carboxylic acid groups (broad SMARTS) is 1. The number of nitrogens with zero attached hydrogens (tertiary/aromatic N) is 1. The second-order valence-electron chi connectivity index (χ2n) is 9.67. The van der Waals surface area contributed by atoms with Crippen molar-refractivity contribution in [2.24, 2.45) is 0 Å². The van der Waals surface area contributed by atoms with Crippen LogP contribution in [0, 0.1) is 11.3 Å². The highest BCUT2D eigenvalue weighted by atomic mass is 16.5. The van der Waals surface area contributed by atoms with E-state index in [0.717, 1.165) is 28.1 Å². The number of aliphatic carboxylic acids is 1. The second kappa shape index (κ2) is 10.0. The van der Waals surface area contributed by atoms with Gasteiger partial charge in [-0.15, -0.1) is 0 Å². The molecule has 36 heavy (non-hydrogen) atoms. The number of carbonyl (C=O) groups is 1. The van der Waals surface area contributed by atoms with Crippen LogP contribution in [-0.4, -0.2) is 43.4 Å². The fourth-order valence-corrected chi connectivity index (χ4v) is 5.04. The molecule has 3 atom stereocenters. The standard InChI is InChI=1S/C29H30N4O3/c1-19(21-9-5-11-23(13-21)29(28(34)35)17-36-18-29)15-32-26(20-7-3-2-4-8-20)25-16-31-24-12-6-10-22(14-30)27(24)33-25/h2-13,19,25-26,31-33H,15-18H2,1H3,(H,34,35)/t19-,25-,26-/m1/s1. The first-order valence-corrected chi connectivity index (χ1v) is 12.3. The Morgan fingerprint density at radius 1 is 1.14 bits per heavy atom. The molecule has 2 aliphatic heterocycles. The summed E-state index contributed by atoms with van der Waals surface area (Å²) in [5.41, 5.74) is 4.49. The van der Waals surface area contributed by atoms with Gasteiger partial charge in [-0.05, 0) is 34.7 Å². The van der Waals surface area contributed by atoms with E-state index in [2.05, 4.69) is 47.1 Å². The van der Waals surface area contributed by atoms with Gasteiger partial charge in [0.2, 0.25) is 0 Å². The Balaban J connectivity index is 1.36. The fraction of sp³-hybridized carbons (Fsp3) is 0.310. The van der Waals surface area contributed by atoms with Crippen LogP contribution in [0.3, 0.4) is 0 Å². The number of benzene rings is 3. The lowest BCUT2D eigenvalue weighted by atomic mass is 9.77. The first-order chi connectivity index (χ1) is 17.5. The van der Waals surface area contributed by atoms with Crippen LogP contribution in [0.1, 0.15) is 41.1 Å². The molecule has 5 rings (SSSR count). The topological polar surface area (TPSA) is 106 Å². The second-order valence-corrected chi connectivity index (χ2v) is 9.67. The highest BCUT2D eigenvalue weighted by Crippen LogP contribution is 2.35. The largest absolute Gasteiger partial charge is 0.480 e. The Morgan fingerprint density at radius 2 is 1.89 bits per heavy atom. The van der Waals surface area contributed by atoms with Gasteiger partial charge < -0.3 is 25.8 Å². The SMILES string of the molecule is C[C@H](CN[C@H](c1ccccc1)[C@H]1CNc2cccc(C#N)c2N1)c1cccc(C2(C(=O)O)COC2)c1. The molecule has 0 aliphatic carbocycles. The zero-order chi connectivity index (χ0) is 25.1. The van der Waals surface area contributed by atoms with Gasteiger partial charge in [-0.2, -0.15) is 5.26 Å². The normalized spacial score (nSPS) is 19.4. The van der Waals surface area contributed by atoms with E-state index in [1.807, 2.05) is 54.6 Å². The maximum absolute atomic E-state index is 11.9. The number of fused-ring (bicyclic) bond motifs is 1. The van der Waals surface area contributed by atoms with Crippen molar-refractivity contribution in [1.29, 1.82) is 5.26 Å². The molecule has 0 amide bonds. The van der Waals surface area contributed by atoms with Gasteiger partial charge in [0, 0.05) is 13.1 Å². The van der Waals surface area contributed by atoms with Crippen LogP contribution in [0.15, 0.2) is 72.8 Å². The molecule has 0 saturated carbocycles. The number of rotatable bonds is 8. The van der Waals surface area contributed by atoms with Crippen molar-refractivity contribution < 1.29 is 14.6 Å². The summed E-state index contributed by atoms with van der Waals surface area (Å²) in [6.45, 7) is 3.97. The molecule has 4 N–H and O–H groups in total. The Morgan fingerprint density at radius 3 is 2.58 bits per heavy atom. The zero-order valence-electron chi connectivity index (χ0n) is 20.2. The van der Waals surface area contributed by atoms with Crippen molar-refractivity contribution in [2.75, 3.05) is 36.9 Å². The first kappa shape index (κ1) is 23.9. The minimum absolute atomic E-state index is 0.00498. The minimum atomic E-state index is -0.945. The molecule has 7 heteroatoms. The smallest absolute Gasteiger partial charge is 0.318 e. The summed E-state index contributed by atoms with van der Waals surface area (Å²) in [4.78, 5) is 11.9. The molecule has 0 spiro atoms. The average molecular weight is 483 g/mol. The third-order valence-corrected chi connectivity index (χ3v) is 7.35. The highest BCUT2D eigenvalue weighted by Gasteiger charge is 2.48. The maximum Gasteiger partial charge on any atom is 0.318 e. The van der Waals surface area contributed by atoms with E-state index in [1.165, 1.54) is 0 Å². The number of ether oxygens (including phenoxy) is 1. The molecule has 1 fully saturated rings. The van der Waals surface area contributed by atoms with Gasteiger partial charge in [0.05, 0.1) is 42.2 Å². The van der Waals surface area contributed by atoms with Gasteiger partial charge in [-0.25, -0.2) is 0 Å². The van der Waals surface area contributed by atoms with Crippen LogP contribution >= 0.6 is 0 Å². The Kier molecular flexibility index (Phi) is 6.64. The lowest BCUT2D eigenvalue weighted by molar-refractivity contribution is -0.163. The van der Waals surface area contributed by atoms with Crippen LogP contribution < -0.4 is 16.0 Å². The molecule has 0 aromatic heterocycles. The molecule has 7 nitrogen and oxygen atoms in total. The quantitative estimate of drug-likeness (QED) is 0.380. The molecule has 184 valence electrons. The molecule has 0 unspecified atom stereocenters. The summed E-state index contributed by atoms with van der Waals surface area (Å²) < 4.78 is 5.26. The van der Waals surface area contributed by atoms with Crippen molar-refractivity contribution in [3.05, 3.63) is 95.1 Å². The van der Waals surface area contributed by atoms with Crippen LogP contribution in [0.5, 0.6) is 0 Å². The van der Waals surface area contributed by atoms with Gasteiger partial charge in [0.1, 0.15) is 11.5 Å². The highest BCUT2D eigenvalue weighted by molar-refractivity contribution is 5.83. The van der Waals surface area contributed by atoms with Crippen LogP contribution in [0.25, 0.3) is 0 Å². The summed E-state index contributed by atoms with van der Waals surface area (Å²) >= 11 is 0. The summed E-state index contributed by atoms with van der Waals surface area (Å²) in [5, 5.41) is 30.2. The molecular formula is C29H30N4O3. The number of carboxylic acids is 1. The van der Waals surface area contributed by atoms with Gasteiger partial charge in [-0.3, -0.25) is 4.79 Å². The third-order valence-electron chi connectivity index (χ3n) is 7.35. The van der Waals surface area contributed by atoms with E-state index in [0.29, 0.717) is 18.7 Å². The summed E-state index contributed by atoms with van der Waals surface area (Å²) in [6.07, 6.45) is 0. The van der Waals surface area contributed by atoms with Gasteiger partial charge in [-0.1, -0.05) is 67.6 Å². The Labute approximate surface area is 211 Å². The summed E-state index contributed by atoms with van der Waals surface area (Å²) in [6, 6.07) is 26.2. The third kappa shape index (κ3) is 4.41. The Bertz CT molecular complexity index is 1280. The number of nitriles is 1. The maximum atomic E-state index is 11.9. The predicted octanol–water partition coefficient (Wildman–Crippen LogP) is 4.25. The predicted molar refractivity (Wildman–Crippen MR) is 139 cm³/mol. The van der Waals surface area contributed by atoms with Gasteiger partial charge >= 0.3 is 5.97 Å². The minimum Gasteiger partial charge on any atom is -0.480 e. The lowest BCUT2D eigenvalue weighted by Crippen LogP contribution is -2.53. The lowest BCUT2D eigenvalue weighted by Gasteiger charge is -2.38. The number of anilines is 2. The molecular weight excluding hydrogens is 452 g/mol. The summed E-state index contributed by atoms with van der Waals surface area (Å²) in [5.74, 6) is -0.685. The van der Waals surface area contributed by atoms with E-state index >= 15 is 0 Å². The van der Waals surface area contributed by atoms with E-state index in [4.69, 9.17) is 4.74 Å². The zero-order valence-corrected chi connectivity index (χ0v) is 20.2. The van der Waals surface area contributed by atoms with E-state index < -0.39 is 11.4 Å². The van der Waals surface area contributed by atoms with Crippen LogP contribution in [-0.2, 0) is 14.9 Å². The molecule has 2 heterocycles. The van der Waals surface area contributed by atoms with Gasteiger partial charge in [0.15, 0.2) is 0 Å². The van der Waals surface area contributed by atoms with Crippen LogP contribution in [0.2, 0.25) is 0 Å².